The molecule has 0 saturated carbocycles. The molecule has 0 aliphatic carbocycles. The molecule has 12 heteroatoms. The SMILES string of the molecule is CN1C(=O)N(c2cc(Cl)cc(Cl)c2)C(=O)[C@]12CN(Cc1cc(C(=O)O)no1)C[C@H]2c1ccc(C#N)cc1. The lowest BCUT2D eigenvalue weighted by Crippen LogP contribution is -2.53. The number of aromatic nitrogens is 1. The van der Waals surface area contributed by atoms with Gasteiger partial charge in [-0.1, -0.05) is 40.5 Å². The van der Waals surface area contributed by atoms with Crippen LogP contribution in [-0.2, 0) is 11.3 Å². The summed E-state index contributed by atoms with van der Waals surface area (Å²) in [6, 6.07) is 14.3. The molecule has 3 aromatic rings. The first-order chi connectivity index (χ1) is 17.6. The van der Waals surface area contributed by atoms with Crippen molar-refractivity contribution in [1.82, 2.24) is 15.0 Å². The quantitative estimate of drug-likeness (QED) is 0.481. The molecule has 37 heavy (non-hydrogen) atoms. The monoisotopic (exact) mass is 539 g/mol. The molecule has 3 heterocycles. The van der Waals surface area contributed by atoms with Crippen LogP contribution in [0.4, 0.5) is 10.5 Å². The molecule has 2 atom stereocenters. The van der Waals surface area contributed by atoms with Crippen LogP contribution in [0.2, 0.25) is 10.0 Å². The molecular weight excluding hydrogens is 521 g/mol. The van der Waals surface area contributed by atoms with E-state index in [1.165, 1.54) is 29.2 Å². The molecule has 2 fully saturated rings. The van der Waals surface area contributed by atoms with E-state index in [1.54, 1.807) is 31.3 Å². The topological polar surface area (TPSA) is 131 Å². The number of urea groups is 1. The highest BCUT2D eigenvalue weighted by molar-refractivity contribution is 6.35. The van der Waals surface area contributed by atoms with E-state index in [1.807, 2.05) is 4.90 Å². The summed E-state index contributed by atoms with van der Waals surface area (Å²) in [6.45, 7) is 0.669. The van der Waals surface area contributed by atoms with Crippen molar-refractivity contribution >= 4 is 46.8 Å². The molecule has 5 rings (SSSR count). The molecule has 0 unspecified atom stereocenters. The molecule has 1 aromatic heterocycles. The number of hydrogen-bond donors (Lipinski definition) is 1. The minimum Gasteiger partial charge on any atom is -0.476 e. The largest absolute Gasteiger partial charge is 0.476 e. The molecule has 1 spiro atoms. The van der Waals surface area contributed by atoms with Gasteiger partial charge in [0.25, 0.3) is 5.91 Å². The standard InChI is InChI=1S/C25H19Cl2N5O5/c1-30-24(36)32(18-7-16(26)6-17(27)8-18)23(35)25(30)13-31(11-19-9-21(22(33)34)29-37-19)12-20(25)15-4-2-14(10-28)3-5-15/h2-9,20H,11-13H2,1H3,(H,33,34)/t20-,25+/m0/s1. The Labute approximate surface area is 221 Å². The molecule has 2 saturated heterocycles. The van der Waals surface area contributed by atoms with Crippen LogP contribution in [0.15, 0.2) is 53.1 Å². The Bertz CT molecular complexity index is 1450. The van der Waals surface area contributed by atoms with Crippen molar-refractivity contribution in [2.24, 2.45) is 0 Å². The van der Waals surface area contributed by atoms with Crippen LogP contribution in [-0.4, -0.2) is 63.6 Å². The van der Waals surface area contributed by atoms with Gasteiger partial charge < -0.3 is 14.5 Å². The average molecular weight is 540 g/mol. The fourth-order valence-corrected chi connectivity index (χ4v) is 5.64. The fraction of sp³-hybridized carbons (Fsp3) is 0.240. The number of carboxylic acid groups (broad SMARTS) is 1. The maximum atomic E-state index is 14.2. The van der Waals surface area contributed by atoms with Crippen molar-refractivity contribution < 1.29 is 24.0 Å². The van der Waals surface area contributed by atoms with Crippen molar-refractivity contribution in [3.05, 3.63) is 81.2 Å². The van der Waals surface area contributed by atoms with E-state index in [-0.39, 0.29) is 34.5 Å². The van der Waals surface area contributed by atoms with E-state index in [0.717, 1.165) is 10.5 Å². The van der Waals surface area contributed by atoms with Crippen molar-refractivity contribution in [3.8, 4) is 6.07 Å². The van der Waals surface area contributed by atoms with E-state index >= 15 is 0 Å². The number of carboxylic acids is 1. The second kappa shape index (κ2) is 9.19. The van der Waals surface area contributed by atoms with Crippen molar-refractivity contribution in [3.63, 3.8) is 0 Å². The fourth-order valence-electron chi connectivity index (χ4n) is 5.12. The lowest BCUT2D eigenvalue weighted by molar-refractivity contribution is -0.124. The number of carbonyl (C=O) groups is 3. The third-order valence-corrected chi connectivity index (χ3v) is 7.27. The third kappa shape index (κ3) is 4.11. The molecule has 1 N–H and O–H groups in total. The first-order valence-corrected chi connectivity index (χ1v) is 11.9. The zero-order valence-electron chi connectivity index (χ0n) is 19.4. The number of carbonyl (C=O) groups excluding carboxylic acids is 2. The van der Waals surface area contributed by atoms with Crippen LogP contribution >= 0.6 is 23.2 Å². The number of imide groups is 1. The molecule has 2 aromatic carbocycles. The summed E-state index contributed by atoms with van der Waals surface area (Å²) in [7, 11) is 1.57. The van der Waals surface area contributed by atoms with Crippen molar-refractivity contribution in [1.29, 1.82) is 5.26 Å². The van der Waals surface area contributed by atoms with Gasteiger partial charge in [-0.25, -0.2) is 14.5 Å². The van der Waals surface area contributed by atoms with Crippen molar-refractivity contribution in [2.75, 3.05) is 25.0 Å². The van der Waals surface area contributed by atoms with Gasteiger partial charge >= 0.3 is 12.0 Å². The summed E-state index contributed by atoms with van der Waals surface area (Å²) in [5, 5.41) is 22.5. The Morgan fingerprint density at radius 1 is 1.19 bits per heavy atom. The Morgan fingerprint density at radius 2 is 1.86 bits per heavy atom. The first kappa shape index (κ1) is 24.8. The highest BCUT2D eigenvalue weighted by Crippen LogP contribution is 2.47. The summed E-state index contributed by atoms with van der Waals surface area (Å²) >= 11 is 12.3. The smallest absolute Gasteiger partial charge is 0.358 e. The minimum atomic E-state index is -1.30. The number of likely N-dealkylation sites (tertiary alicyclic amines) is 1. The highest BCUT2D eigenvalue weighted by atomic mass is 35.5. The number of likely N-dealkylation sites (N-methyl/N-ethyl adjacent to an activating group) is 1. The molecule has 3 amide bonds. The second-order valence-corrected chi connectivity index (χ2v) is 9.85. The van der Waals surface area contributed by atoms with E-state index in [0.29, 0.717) is 17.9 Å². The Hall–Kier alpha value is -3.91. The molecular formula is C25H19Cl2N5O5. The number of aromatic carboxylic acids is 1. The lowest BCUT2D eigenvalue weighted by atomic mass is 9.80. The predicted molar refractivity (Wildman–Crippen MR) is 132 cm³/mol. The van der Waals surface area contributed by atoms with Crippen LogP contribution in [0, 0.1) is 11.3 Å². The molecule has 0 radical (unpaired) electrons. The van der Waals surface area contributed by atoms with Gasteiger partial charge in [-0.15, -0.1) is 0 Å². The average Bonchev–Trinajstić information content (AvgIpc) is 3.53. The Morgan fingerprint density at radius 3 is 2.46 bits per heavy atom. The number of anilines is 1. The maximum absolute atomic E-state index is 14.2. The number of benzene rings is 2. The zero-order valence-corrected chi connectivity index (χ0v) is 20.9. The summed E-state index contributed by atoms with van der Waals surface area (Å²) in [5.41, 5.74) is -0.0251. The number of amides is 3. The number of nitriles is 1. The van der Waals surface area contributed by atoms with Crippen LogP contribution in [0.3, 0.4) is 0 Å². The highest BCUT2D eigenvalue weighted by Gasteiger charge is 2.64. The summed E-state index contributed by atoms with van der Waals surface area (Å²) in [6.07, 6.45) is 0. The molecule has 10 nitrogen and oxygen atoms in total. The van der Waals surface area contributed by atoms with E-state index in [2.05, 4.69) is 11.2 Å². The molecule has 2 aliphatic rings. The van der Waals surface area contributed by atoms with Crippen LogP contribution in [0.25, 0.3) is 0 Å². The van der Waals surface area contributed by atoms with Crippen LogP contribution in [0.5, 0.6) is 0 Å². The minimum absolute atomic E-state index is 0.145. The van der Waals surface area contributed by atoms with E-state index in [9.17, 15) is 19.6 Å². The molecule has 188 valence electrons. The van der Waals surface area contributed by atoms with Gasteiger partial charge in [-0.2, -0.15) is 5.26 Å². The first-order valence-electron chi connectivity index (χ1n) is 11.1. The summed E-state index contributed by atoms with van der Waals surface area (Å²) in [4.78, 5) is 43.3. The number of hydrogen-bond acceptors (Lipinski definition) is 7. The molecule has 2 aliphatic heterocycles. The van der Waals surface area contributed by atoms with Crippen LogP contribution < -0.4 is 4.90 Å². The van der Waals surface area contributed by atoms with E-state index in [4.69, 9.17) is 32.8 Å². The normalized spacial score (nSPS) is 21.7. The van der Waals surface area contributed by atoms with Gasteiger partial charge in [0, 0.05) is 42.2 Å². The van der Waals surface area contributed by atoms with Gasteiger partial charge in [0.2, 0.25) is 0 Å². The van der Waals surface area contributed by atoms with Gasteiger partial charge in [0.1, 0.15) is 5.54 Å². The Balaban J connectivity index is 1.56. The maximum Gasteiger partial charge on any atom is 0.358 e. The van der Waals surface area contributed by atoms with Gasteiger partial charge in [0.15, 0.2) is 11.5 Å². The summed E-state index contributed by atoms with van der Waals surface area (Å²) < 4.78 is 5.19. The van der Waals surface area contributed by atoms with Gasteiger partial charge in [0.05, 0.1) is 23.9 Å². The number of nitrogens with zero attached hydrogens (tertiary/aromatic N) is 5. The predicted octanol–water partition coefficient (Wildman–Crippen LogP) is 3.99. The number of rotatable bonds is 5. The summed E-state index contributed by atoms with van der Waals surface area (Å²) in [5.74, 6) is -1.82. The molecule has 0 bridgehead atoms. The lowest BCUT2D eigenvalue weighted by Gasteiger charge is -2.34. The van der Waals surface area contributed by atoms with Crippen molar-refractivity contribution in [2.45, 2.75) is 18.0 Å². The zero-order chi connectivity index (χ0) is 26.5. The van der Waals surface area contributed by atoms with Crippen LogP contribution in [0.1, 0.15) is 33.3 Å². The second-order valence-electron chi connectivity index (χ2n) is 8.97. The Kier molecular flexibility index (Phi) is 6.15. The van der Waals surface area contributed by atoms with E-state index < -0.39 is 29.4 Å². The van der Waals surface area contributed by atoms with Gasteiger partial charge in [-0.05, 0) is 35.9 Å². The number of halogens is 2. The van der Waals surface area contributed by atoms with Gasteiger partial charge in [-0.3, -0.25) is 9.69 Å². The third-order valence-electron chi connectivity index (χ3n) is 6.84.